The molecular formula is C17H25NO2. The number of nitrogens with two attached hydrogens (primary N) is 1. The summed E-state index contributed by atoms with van der Waals surface area (Å²) in [7, 11) is 0. The molecule has 3 nitrogen and oxygen atoms in total. The summed E-state index contributed by atoms with van der Waals surface area (Å²) in [6, 6.07) is 8.17. The Morgan fingerprint density at radius 3 is 2.25 bits per heavy atom. The van der Waals surface area contributed by atoms with E-state index in [1.54, 1.807) is 6.92 Å². The lowest BCUT2D eigenvalue weighted by atomic mass is 9.98. The summed E-state index contributed by atoms with van der Waals surface area (Å²) in [5.41, 5.74) is 6.82. The molecule has 1 rings (SSSR count). The molecule has 110 valence electrons. The van der Waals surface area contributed by atoms with Gasteiger partial charge in [0.25, 0.3) is 0 Å². The third-order valence-electron chi connectivity index (χ3n) is 2.79. The Balaban J connectivity index is 2.62. The normalized spacial score (nSPS) is 15.1. The van der Waals surface area contributed by atoms with Crippen molar-refractivity contribution < 1.29 is 9.53 Å². The highest BCUT2D eigenvalue weighted by Gasteiger charge is 2.31. The third kappa shape index (κ3) is 5.57. The van der Waals surface area contributed by atoms with Gasteiger partial charge in [0.1, 0.15) is 11.1 Å². The lowest BCUT2D eigenvalue weighted by molar-refractivity contribution is -0.160. The van der Waals surface area contributed by atoms with Crippen molar-refractivity contribution in [1.29, 1.82) is 0 Å². The van der Waals surface area contributed by atoms with Crippen LogP contribution in [0.1, 0.15) is 45.2 Å². The van der Waals surface area contributed by atoms with Crippen LogP contribution in [0.2, 0.25) is 0 Å². The first-order valence-electron chi connectivity index (χ1n) is 6.86. The Morgan fingerprint density at radius 2 is 1.75 bits per heavy atom. The van der Waals surface area contributed by atoms with Crippen molar-refractivity contribution in [3.63, 3.8) is 0 Å². The Bertz CT molecular complexity index is 479. The zero-order valence-electron chi connectivity index (χ0n) is 13.1. The molecule has 0 unspecified atom stereocenters. The number of esters is 1. The van der Waals surface area contributed by atoms with Gasteiger partial charge < -0.3 is 10.5 Å². The number of hydrogen-bond acceptors (Lipinski definition) is 3. The lowest BCUT2D eigenvalue weighted by Gasteiger charge is -2.27. The molecule has 1 atom stereocenters. The molecule has 0 heterocycles. The summed E-state index contributed by atoms with van der Waals surface area (Å²) in [6.45, 7) is 9.25. The van der Waals surface area contributed by atoms with Crippen LogP contribution in [0.25, 0.3) is 6.08 Å². The number of benzene rings is 1. The Hall–Kier alpha value is -1.61. The highest BCUT2D eigenvalue weighted by molar-refractivity contribution is 5.80. The van der Waals surface area contributed by atoms with Crippen LogP contribution in [0.4, 0.5) is 0 Å². The molecule has 0 amide bonds. The molecule has 0 bridgehead atoms. The predicted molar refractivity (Wildman–Crippen MR) is 83.3 cm³/mol. The molecule has 0 saturated heterocycles. The Morgan fingerprint density at radius 1 is 1.20 bits per heavy atom. The number of carbonyl (C=O) groups excluding carboxylic acids is 1. The minimum Gasteiger partial charge on any atom is -0.459 e. The summed E-state index contributed by atoms with van der Waals surface area (Å²) in [5, 5.41) is 0. The molecule has 1 aromatic rings. The zero-order valence-corrected chi connectivity index (χ0v) is 13.1. The van der Waals surface area contributed by atoms with Gasteiger partial charge in [0, 0.05) is 0 Å². The molecule has 0 aliphatic heterocycles. The van der Waals surface area contributed by atoms with E-state index in [-0.39, 0.29) is 5.97 Å². The smallest absolute Gasteiger partial charge is 0.326 e. The maximum absolute atomic E-state index is 12.0. The summed E-state index contributed by atoms with van der Waals surface area (Å²) >= 11 is 0. The van der Waals surface area contributed by atoms with Crippen LogP contribution >= 0.6 is 0 Å². The summed E-state index contributed by atoms with van der Waals surface area (Å²) in [6.07, 6.45) is 4.32. The van der Waals surface area contributed by atoms with Gasteiger partial charge in [-0.25, -0.2) is 0 Å². The third-order valence-corrected chi connectivity index (χ3v) is 2.79. The Labute approximate surface area is 121 Å². The lowest BCUT2D eigenvalue weighted by Crippen LogP contribution is -2.48. The standard InChI is InChI=1S/C17H25NO2/c1-13-8-10-14(11-9-13)7-6-12-17(5,18)15(19)20-16(2,3)4/h6-11H,12,18H2,1-5H3/b7-6+/t17-/m0/s1. The molecule has 20 heavy (non-hydrogen) atoms. The van der Waals surface area contributed by atoms with Crippen molar-refractivity contribution in [3.8, 4) is 0 Å². The van der Waals surface area contributed by atoms with E-state index in [0.717, 1.165) is 5.56 Å². The summed E-state index contributed by atoms with van der Waals surface area (Å²) in [4.78, 5) is 12.0. The van der Waals surface area contributed by atoms with Gasteiger partial charge >= 0.3 is 5.97 Å². The first-order chi connectivity index (χ1) is 9.10. The molecule has 2 N–H and O–H groups in total. The van der Waals surface area contributed by atoms with Crippen LogP contribution in [0.15, 0.2) is 30.3 Å². The Kier molecular flexibility index (Phi) is 5.12. The number of aryl methyl sites for hydroxylation is 1. The zero-order chi connectivity index (χ0) is 15.4. The largest absolute Gasteiger partial charge is 0.459 e. The molecule has 0 aromatic heterocycles. The van der Waals surface area contributed by atoms with Crippen molar-refractivity contribution in [2.75, 3.05) is 0 Å². The van der Waals surface area contributed by atoms with Crippen LogP contribution in [-0.4, -0.2) is 17.1 Å². The van der Waals surface area contributed by atoms with E-state index in [1.165, 1.54) is 5.56 Å². The van der Waals surface area contributed by atoms with Gasteiger partial charge in [0.15, 0.2) is 0 Å². The second-order valence-electron chi connectivity index (χ2n) is 6.44. The monoisotopic (exact) mass is 275 g/mol. The van der Waals surface area contributed by atoms with E-state index >= 15 is 0 Å². The average molecular weight is 275 g/mol. The topological polar surface area (TPSA) is 52.3 Å². The molecule has 0 saturated carbocycles. The van der Waals surface area contributed by atoms with E-state index in [1.807, 2.05) is 52.0 Å². The maximum Gasteiger partial charge on any atom is 0.326 e. The molecule has 0 spiro atoms. The van der Waals surface area contributed by atoms with Crippen LogP contribution in [0, 0.1) is 6.92 Å². The minimum absolute atomic E-state index is 0.376. The molecule has 0 fully saturated rings. The average Bonchev–Trinajstić information content (AvgIpc) is 2.29. The fraction of sp³-hybridized carbons (Fsp3) is 0.471. The number of rotatable bonds is 4. The highest BCUT2D eigenvalue weighted by Crippen LogP contribution is 2.16. The molecule has 3 heteroatoms. The van der Waals surface area contributed by atoms with Gasteiger partial charge in [-0.1, -0.05) is 42.0 Å². The van der Waals surface area contributed by atoms with Crippen LogP contribution < -0.4 is 5.73 Å². The summed E-state index contributed by atoms with van der Waals surface area (Å²) < 4.78 is 5.32. The SMILES string of the molecule is Cc1ccc(/C=C/C[C@](C)(N)C(=O)OC(C)(C)C)cc1. The fourth-order valence-electron chi connectivity index (χ4n) is 1.60. The van der Waals surface area contributed by atoms with Crippen molar-refractivity contribution in [2.24, 2.45) is 5.73 Å². The highest BCUT2D eigenvalue weighted by atomic mass is 16.6. The van der Waals surface area contributed by atoms with Gasteiger partial charge in [-0.3, -0.25) is 4.79 Å². The van der Waals surface area contributed by atoms with Crippen molar-refractivity contribution in [3.05, 3.63) is 41.5 Å². The van der Waals surface area contributed by atoms with Crippen molar-refractivity contribution in [2.45, 2.75) is 52.2 Å². The van der Waals surface area contributed by atoms with E-state index in [9.17, 15) is 4.79 Å². The molecule has 0 aliphatic rings. The van der Waals surface area contributed by atoms with Crippen molar-refractivity contribution in [1.82, 2.24) is 0 Å². The molecule has 0 radical (unpaired) electrons. The van der Waals surface area contributed by atoms with Crippen LogP contribution in [-0.2, 0) is 9.53 Å². The maximum atomic E-state index is 12.0. The molecular weight excluding hydrogens is 250 g/mol. The van der Waals surface area contributed by atoms with Gasteiger partial charge in [0.2, 0.25) is 0 Å². The van der Waals surface area contributed by atoms with Crippen molar-refractivity contribution >= 4 is 12.0 Å². The van der Waals surface area contributed by atoms with Crippen LogP contribution in [0.3, 0.4) is 0 Å². The minimum atomic E-state index is -1.01. The first kappa shape index (κ1) is 16.4. The van der Waals surface area contributed by atoms with E-state index in [0.29, 0.717) is 6.42 Å². The van der Waals surface area contributed by atoms with E-state index < -0.39 is 11.1 Å². The number of hydrogen-bond donors (Lipinski definition) is 1. The van der Waals surface area contributed by atoms with E-state index in [4.69, 9.17) is 10.5 Å². The fourth-order valence-corrected chi connectivity index (χ4v) is 1.60. The van der Waals surface area contributed by atoms with Gasteiger partial charge in [-0.15, -0.1) is 0 Å². The molecule has 0 aliphatic carbocycles. The summed E-state index contributed by atoms with van der Waals surface area (Å²) in [5.74, 6) is -0.376. The quantitative estimate of drug-likeness (QED) is 0.856. The predicted octanol–water partition coefficient (Wildman–Crippen LogP) is 3.46. The van der Waals surface area contributed by atoms with Gasteiger partial charge in [-0.05, 0) is 46.6 Å². The second kappa shape index (κ2) is 6.23. The van der Waals surface area contributed by atoms with Crippen LogP contribution in [0.5, 0.6) is 0 Å². The molecule has 1 aromatic carbocycles. The number of ether oxygens (including phenoxy) is 1. The van der Waals surface area contributed by atoms with Gasteiger partial charge in [-0.2, -0.15) is 0 Å². The van der Waals surface area contributed by atoms with E-state index in [2.05, 4.69) is 12.1 Å². The second-order valence-corrected chi connectivity index (χ2v) is 6.44. The first-order valence-corrected chi connectivity index (χ1v) is 6.86. The van der Waals surface area contributed by atoms with Gasteiger partial charge in [0.05, 0.1) is 0 Å². The number of carbonyl (C=O) groups is 1.